The summed E-state index contributed by atoms with van der Waals surface area (Å²) in [6.07, 6.45) is 3.07. The summed E-state index contributed by atoms with van der Waals surface area (Å²) in [6, 6.07) is 5.24. The summed E-state index contributed by atoms with van der Waals surface area (Å²) in [6.45, 7) is 15.7. The zero-order valence-electron chi connectivity index (χ0n) is 23.5. The number of alkyl carbamates (subject to hydrolysis) is 1. The van der Waals surface area contributed by atoms with Gasteiger partial charge in [-0.1, -0.05) is 34.1 Å². The smallest absolute Gasteiger partial charge is 0.407 e. The number of imide groups is 1. The van der Waals surface area contributed by atoms with E-state index in [2.05, 4.69) is 29.4 Å². The van der Waals surface area contributed by atoms with Crippen molar-refractivity contribution in [2.24, 2.45) is 0 Å². The van der Waals surface area contributed by atoms with Gasteiger partial charge in [-0.2, -0.15) is 0 Å². The lowest BCUT2D eigenvalue weighted by molar-refractivity contribution is -0.136. The molecule has 37 heavy (non-hydrogen) atoms. The van der Waals surface area contributed by atoms with Gasteiger partial charge in [-0.25, -0.2) is 4.79 Å². The first-order chi connectivity index (χ1) is 17.5. The topological polar surface area (TPSA) is 108 Å². The standard InChI is InChI=1S/C23H30N4O5.C3H8.C2H6/c1-23(2,3)32-22(31)24-15-8-10-26(11-9-15)16-4-5-17-14(12-16)13-27(21(17)30)18-6-7-19(28)25-20(18)29;1-3-2;1-2/h4-5,12,15,18H,6-11,13H2,1-3H3,(H,24,31)(H,25,28,29);3H2,1-2H3;1-2H3. The number of nitrogens with one attached hydrogen (secondary N) is 2. The van der Waals surface area contributed by atoms with Crippen molar-refractivity contribution >= 4 is 29.5 Å². The second-order valence-corrected chi connectivity index (χ2v) is 10.4. The molecule has 206 valence electrons. The van der Waals surface area contributed by atoms with Gasteiger partial charge in [0.1, 0.15) is 11.6 Å². The molecule has 3 heterocycles. The number of carbonyl (C=O) groups excluding carboxylic acids is 4. The van der Waals surface area contributed by atoms with E-state index in [1.165, 1.54) is 6.42 Å². The number of amides is 4. The number of hydrogen-bond acceptors (Lipinski definition) is 6. The summed E-state index contributed by atoms with van der Waals surface area (Å²) in [5.41, 5.74) is 2.01. The number of ether oxygens (including phenoxy) is 1. The fourth-order valence-electron chi connectivity index (χ4n) is 4.51. The van der Waals surface area contributed by atoms with Crippen LogP contribution in [0.4, 0.5) is 10.5 Å². The average Bonchev–Trinajstić information content (AvgIpc) is 3.15. The Morgan fingerprint density at radius 3 is 2.27 bits per heavy atom. The third-order valence-corrected chi connectivity index (χ3v) is 6.09. The molecular formula is C28H44N4O5. The average molecular weight is 517 g/mol. The van der Waals surface area contributed by atoms with Gasteiger partial charge in [-0.3, -0.25) is 19.7 Å². The molecule has 2 fully saturated rings. The molecule has 0 bridgehead atoms. The maximum Gasteiger partial charge on any atom is 0.407 e. The third-order valence-electron chi connectivity index (χ3n) is 6.09. The summed E-state index contributed by atoms with van der Waals surface area (Å²) in [5.74, 6) is -0.856. The Labute approximate surface area is 221 Å². The lowest BCUT2D eigenvalue weighted by Gasteiger charge is -2.34. The zero-order chi connectivity index (χ0) is 27.8. The Morgan fingerprint density at radius 1 is 1.08 bits per heavy atom. The van der Waals surface area contributed by atoms with Gasteiger partial charge in [0.25, 0.3) is 5.91 Å². The minimum atomic E-state index is -0.606. The van der Waals surface area contributed by atoms with Crippen molar-refractivity contribution in [3.8, 4) is 0 Å². The van der Waals surface area contributed by atoms with Crippen LogP contribution in [0.1, 0.15) is 96.5 Å². The Kier molecular flexibility index (Phi) is 10.9. The molecule has 3 aliphatic rings. The molecule has 1 aromatic rings. The first-order valence-corrected chi connectivity index (χ1v) is 13.5. The van der Waals surface area contributed by atoms with Crippen LogP contribution in [-0.4, -0.2) is 59.5 Å². The predicted molar refractivity (Wildman–Crippen MR) is 144 cm³/mol. The van der Waals surface area contributed by atoms with E-state index in [0.717, 1.165) is 37.2 Å². The highest BCUT2D eigenvalue weighted by Gasteiger charge is 2.39. The number of anilines is 1. The van der Waals surface area contributed by atoms with Crippen LogP contribution in [0.5, 0.6) is 0 Å². The number of hydrogen-bond donors (Lipinski definition) is 2. The van der Waals surface area contributed by atoms with Crippen LogP contribution >= 0.6 is 0 Å². The van der Waals surface area contributed by atoms with Crippen LogP contribution in [0, 0.1) is 0 Å². The van der Waals surface area contributed by atoms with Crippen LogP contribution in [0.15, 0.2) is 18.2 Å². The largest absolute Gasteiger partial charge is 0.444 e. The van der Waals surface area contributed by atoms with E-state index in [4.69, 9.17) is 4.74 Å². The molecule has 1 atom stereocenters. The van der Waals surface area contributed by atoms with E-state index in [9.17, 15) is 19.2 Å². The van der Waals surface area contributed by atoms with Crippen LogP contribution < -0.4 is 15.5 Å². The van der Waals surface area contributed by atoms with Gasteiger partial charge in [0.05, 0.1) is 0 Å². The lowest BCUT2D eigenvalue weighted by Crippen LogP contribution is -2.52. The molecule has 0 aliphatic carbocycles. The highest BCUT2D eigenvalue weighted by Crippen LogP contribution is 2.31. The summed E-state index contributed by atoms with van der Waals surface area (Å²) in [7, 11) is 0. The van der Waals surface area contributed by atoms with Gasteiger partial charge in [0, 0.05) is 43.3 Å². The lowest BCUT2D eigenvalue weighted by atomic mass is 10.0. The van der Waals surface area contributed by atoms with Gasteiger partial charge in [-0.05, 0) is 63.8 Å². The number of benzene rings is 1. The molecule has 0 spiro atoms. The number of carbonyl (C=O) groups is 4. The highest BCUT2D eigenvalue weighted by molar-refractivity contribution is 6.05. The molecule has 9 heteroatoms. The predicted octanol–water partition coefficient (Wildman–Crippen LogP) is 4.38. The maximum absolute atomic E-state index is 12.9. The highest BCUT2D eigenvalue weighted by atomic mass is 16.6. The van der Waals surface area contributed by atoms with E-state index in [0.29, 0.717) is 18.5 Å². The molecule has 2 saturated heterocycles. The van der Waals surface area contributed by atoms with Crippen LogP contribution in [-0.2, 0) is 20.9 Å². The minimum absolute atomic E-state index is 0.0696. The van der Waals surface area contributed by atoms with E-state index < -0.39 is 17.6 Å². The maximum atomic E-state index is 12.9. The summed E-state index contributed by atoms with van der Waals surface area (Å²) < 4.78 is 5.34. The van der Waals surface area contributed by atoms with E-state index in [-0.39, 0.29) is 30.4 Å². The molecule has 1 aromatic carbocycles. The molecule has 4 amide bonds. The molecule has 9 nitrogen and oxygen atoms in total. The van der Waals surface area contributed by atoms with Crippen molar-refractivity contribution in [3.63, 3.8) is 0 Å². The van der Waals surface area contributed by atoms with Gasteiger partial charge in [0.15, 0.2) is 0 Å². The molecule has 2 N–H and O–H groups in total. The molecular weight excluding hydrogens is 472 g/mol. The van der Waals surface area contributed by atoms with E-state index in [1.54, 1.807) is 4.90 Å². The van der Waals surface area contributed by atoms with E-state index >= 15 is 0 Å². The quantitative estimate of drug-likeness (QED) is 0.577. The SMILES string of the molecule is CC.CC(C)(C)OC(=O)NC1CCN(c2ccc3c(c2)CN(C2CCC(=O)NC2=O)C3=O)CC1.CCC. The molecule has 3 aliphatic heterocycles. The third kappa shape index (κ3) is 8.20. The molecule has 4 rings (SSSR count). The van der Waals surface area contributed by atoms with Crippen LogP contribution in [0.3, 0.4) is 0 Å². The summed E-state index contributed by atoms with van der Waals surface area (Å²) >= 11 is 0. The number of piperidine rings is 2. The zero-order valence-corrected chi connectivity index (χ0v) is 23.5. The monoisotopic (exact) mass is 516 g/mol. The van der Waals surface area contributed by atoms with Gasteiger partial charge in [0.2, 0.25) is 11.8 Å². The number of fused-ring (bicyclic) bond motifs is 1. The first kappa shape index (κ1) is 30.1. The first-order valence-electron chi connectivity index (χ1n) is 13.5. The Hall–Kier alpha value is -3.10. The van der Waals surface area contributed by atoms with Crippen molar-refractivity contribution in [3.05, 3.63) is 29.3 Å². The molecule has 0 saturated carbocycles. The van der Waals surface area contributed by atoms with Crippen molar-refractivity contribution < 1.29 is 23.9 Å². The fraction of sp³-hybridized carbons (Fsp3) is 0.643. The summed E-state index contributed by atoms with van der Waals surface area (Å²) in [5, 5.41) is 5.27. The van der Waals surface area contributed by atoms with Crippen LogP contribution in [0.2, 0.25) is 0 Å². The van der Waals surface area contributed by atoms with Crippen molar-refractivity contribution in [1.29, 1.82) is 0 Å². The second kappa shape index (κ2) is 13.4. The Morgan fingerprint density at radius 2 is 1.70 bits per heavy atom. The fourth-order valence-corrected chi connectivity index (χ4v) is 4.51. The summed E-state index contributed by atoms with van der Waals surface area (Å²) in [4.78, 5) is 52.3. The molecule has 0 aromatic heterocycles. The second-order valence-electron chi connectivity index (χ2n) is 10.4. The normalized spacial score (nSPS) is 19.6. The number of nitrogens with zero attached hydrogens (tertiary/aromatic N) is 2. The van der Waals surface area contributed by atoms with E-state index in [1.807, 2.05) is 52.8 Å². The van der Waals surface area contributed by atoms with Gasteiger partial charge >= 0.3 is 6.09 Å². The van der Waals surface area contributed by atoms with Crippen molar-refractivity contribution in [1.82, 2.24) is 15.5 Å². The molecule has 0 radical (unpaired) electrons. The molecule has 1 unspecified atom stereocenters. The number of rotatable bonds is 3. The van der Waals surface area contributed by atoms with Crippen molar-refractivity contribution in [2.75, 3.05) is 18.0 Å². The van der Waals surface area contributed by atoms with Gasteiger partial charge < -0.3 is 19.9 Å². The van der Waals surface area contributed by atoms with Crippen LogP contribution in [0.25, 0.3) is 0 Å². The van der Waals surface area contributed by atoms with Crippen molar-refractivity contribution in [2.45, 2.75) is 105 Å². The minimum Gasteiger partial charge on any atom is -0.444 e. The Bertz CT molecular complexity index is 964. The van der Waals surface area contributed by atoms with Gasteiger partial charge in [-0.15, -0.1) is 0 Å². The Balaban J connectivity index is 0.000000898.